The summed E-state index contributed by atoms with van der Waals surface area (Å²) in [4.78, 5) is 38.3. The summed E-state index contributed by atoms with van der Waals surface area (Å²) in [6, 6.07) is 10.1. The molecule has 9 heteroatoms. The average Bonchev–Trinajstić information content (AvgIpc) is 3.07. The molecule has 166 valence electrons. The Labute approximate surface area is 193 Å². The second kappa shape index (κ2) is 9.93. The molecule has 0 aliphatic carbocycles. The lowest BCUT2D eigenvalue weighted by atomic mass is 10.1. The van der Waals surface area contributed by atoms with Crippen LogP contribution in [0.5, 0.6) is 0 Å². The first kappa shape index (κ1) is 23.4. The van der Waals surface area contributed by atoms with E-state index in [0.29, 0.717) is 16.3 Å². The number of esters is 1. The molecule has 1 aromatic heterocycles. The second-order valence-electron chi connectivity index (χ2n) is 6.86. The summed E-state index contributed by atoms with van der Waals surface area (Å²) in [5, 5.41) is 6.06. The van der Waals surface area contributed by atoms with E-state index in [1.165, 1.54) is 12.1 Å². The first-order chi connectivity index (χ1) is 15.2. The van der Waals surface area contributed by atoms with Crippen LogP contribution in [0.3, 0.4) is 0 Å². The van der Waals surface area contributed by atoms with E-state index >= 15 is 0 Å². The van der Waals surface area contributed by atoms with Gasteiger partial charge in [-0.1, -0.05) is 17.7 Å². The highest BCUT2D eigenvalue weighted by atomic mass is 35.5. The average molecular weight is 475 g/mol. The Morgan fingerprint density at radius 2 is 1.72 bits per heavy atom. The van der Waals surface area contributed by atoms with Crippen molar-refractivity contribution in [3.05, 3.63) is 80.4 Å². The van der Waals surface area contributed by atoms with Gasteiger partial charge in [-0.05, 0) is 68.3 Å². The van der Waals surface area contributed by atoms with Gasteiger partial charge in [0.25, 0.3) is 11.8 Å². The second-order valence-corrected chi connectivity index (χ2v) is 8.29. The Kier molecular flexibility index (Phi) is 7.27. The topological polar surface area (TPSA) is 84.5 Å². The van der Waals surface area contributed by atoms with Crippen molar-refractivity contribution in [2.45, 2.75) is 20.8 Å². The molecule has 32 heavy (non-hydrogen) atoms. The third-order valence-electron chi connectivity index (χ3n) is 4.60. The number of nitrogens with one attached hydrogen (secondary N) is 2. The summed E-state index contributed by atoms with van der Waals surface area (Å²) in [7, 11) is 0. The van der Waals surface area contributed by atoms with Gasteiger partial charge >= 0.3 is 5.97 Å². The predicted octanol–water partition coefficient (Wildman–Crippen LogP) is 5.84. The van der Waals surface area contributed by atoms with Gasteiger partial charge in [0.2, 0.25) is 0 Å². The van der Waals surface area contributed by atoms with E-state index in [9.17, 15) is 18.8 Å². The minimum atomic E-state index is -0.659. The van der Waals surface area contributed by atoms with Crippen molar-refractivity contribution in [2.75, 3.05) is 17.2 Å². The molecule has 0 saturated heterocycles. The molecular weight excluding hydrogens is 455 g/mol. The number of halogens is 2. The van der Waals surface area contributed by atoms with Crippen molar-refractivity contribution in [1.82, 2.24) is 0 Å². The van der Waals surface area contributed by atoms with Gasteiger partial charge in [-0.2, -0.15) is 0 Å². The number of carbonyl (C=O) groups is 3. The number of hydrogen-bond acceptors (Lipinski definition) is 5. The van der Waals surface area contributed by atoms with Gasteiger partial charge in [0, 0.05) is 16.3 Å². The molecule has 1 heterocycles. The third-order valence-corrected chi connectivity index (χ3v) is 6.21. The number of rotatable bonds is 6. The normalized spacial score (nSPS) is 10.5. The molecule has 0 spiro atoms. The SMILES string of the molecule is CCOC(=O)c1c(NC(=O)c2ccc(F)cc2)sc(C(=O)Nc2ccc(C)c(Cl)c2)c1C. The number of amides is 2. The molecule has 0 aliphatic rings. The zero-order valence-electron chi connectivity index (χ0n) is 17.5. The van der Waals surface area contributed by atoms with Crippen LogP contribution in [-0.4, -0.2) is 24.4 Å². The molecule has 0 aliphatic heterocycles. The number of thiophene rings is 1. The molecular formula is C23H20ClFN2O4S. The van der Waals surface area contributed by atoms with Crippen LogP contribution in [0.15, 0.2) is 42.5 Å². The maximum atomic E-state index is 13.2. The number of aryl methyl sites for hydroxylation is 1. The molecule has 0 fully saturated rings. The van der Waals surface area contributed by atoms with Gasteiger partial charge in [-0.15, -0.1) is 11.3 Å². The fourth-order valence-electron chi connectivity index (χ4n) is 2.90. The van der Waals surface area contributed by atoms with E-state index in [4.69, 9.17) is 16.3 Å². The van der Waals surface area contributed by atoms with Crippen LogP contribution in [0.2, 0.25) is 5.02 Å². The Balaban J connectivity index is 1.93. The summed E-state index contributed by atoms with van der Waals surface area (Å²) in [6.07, 6.45) is 0. The highest BCUT2D eigenvalue weighted by Gasteiger charge is 2.27. The van der Waals surface area contributed by atoms with E-state index in [0.717, 1.165) is 29.0 Å². The van der Waals surface area contributed by atoms with Crippen molar-refractivity contribution in [3.63, 3.8) is 0 Å². The van der Waals surface area contributed by atoms with Gasteiger partial charge in [0.05, 0.1) is 17.0 Å². The molecule has 3 rings (SSSR count). The van der Waals surface area contributed by atoms with Crippen LogP contribution >= 0.6 is 22.9 Å². The summed E-state index contributed by atoms with van der Waals surface area (Å²) in [5.74, 6) is -2.14. The Bertz CT molecular complexity index is 1190. The van der Waals surface area contributed by atoms with Crippen LogP contribution in [-0.2, 0) is 4.74 Å². The monoisotopic (exact) mass is 474 g/mol. The summed E-state index contributed by atoms with van der Waals surface area (Å²) >= 11 is 7.07. The fraction of sp³-hybridized carbons (Fsp3) is 0.174. The quantitative estimate of drug-likeness (QED) is 0.439. The molecule has 0 unspecified atom stereocenters. The molecule has 3 aromatic rings. The van der Waals surface area contributed by atoms with Crippen LogP contribution in [0.25, 0.3) is 0 Å². The Morgan fingerprint density at radius 1 is 1.03 bits per heavy atom. The molecule has 0 saturated carbocycles. The van der Waals surface area contributed by atoms with Gasteiger partial charge in [-0.25, -0.2) is 9.18 Å². The summed E-state index contributed by atoms with van der Waals surface area (Å²) in [6.45, 7) is 5.24. The zero-order valence-corrected chi connectivity index (χ0v) is 19.1. The number of benzene rings is 2. The molecule has 6 nitrogen and oxygen atoms in total. The van der Waals surface area contributed by atoms with Crippen molar-refractivity contribution in [2.24, 2.45) is 0 Å². The minimum Gasteiger partial charge on any atom is -0.462 e. The van der Waals surface area contributed by atoms with Crippen LogP contribution < -0.4 is 10.6 Å². The molecule has 0 radical (unpaired) electrons. The lowest BCUT2D eigenvalue weighted by Gasteiger charge is -2.07. The maximum absolute atomic E-state index is 13.2. The maximum Gasteiger partial charge on any atom is 0.341 e. The number of ether oxygens (including phenoxy) is 1. The van der Waals surface area contributed by atoms with Crippen LogP contribution in [0.1, 0.15) is 48.4 Å². The number of anilines is 2. The number of hydrogen-bond donors (Lipinski definition) is 2. The van der Waals surface area contributed by atoms with E-state index < -0.39 is 23.6 Å². The number of carbonyl (C=O) groups excluding carboxylic acids is 3. The van der Waals surface area contributed by atoms with Crippen molar-refractivity contribution >= 4 is 51.4 Å². The standard InChI is InChI=1S/C23H20ClFN2O4S/c1-4-31-23(30)18-13(3)19(21(29)26-16-10-5-12(2)17(24)11-16)32-22(18)27-20(28)14-6-8-15(25)9-7-14/h5-11H,4H2,1-3H3,(H,26,29)(H,27,28). The van der Waals surface area contributed by atoms with Crippen molar-refractivity contribution in [3.8, 4) is 0 Å². The van der Waals surface area contributed by atoms with Crippen molar-refractivity contribution in [1.29, 1.82) is 0 Å². The predicted molar refractivity (Wildman–Crippen MR) is 124 cm³/mol. The van der Waals surface area contributed by atoms with E-state index in [1.54, 1.807) is 32.0 Å². The Hall–Kier alpha value is -3.23. The van der Waals surface area contributed by atoms with Gasteiger partial charge in [0.1, 0.15) is 10.8 Å². The van der Waals surface area contributed by atoms with Crippen molar-refractivity contribution < 1.29 is 23.5 Å². The summed E-state index contributed by atoms with van der Waals surface area (Å²) in [5.41, 5.74) is 2.03. The Morgan fingerprint density at radius 3 is 2.34 bits per heavy atom. The minimum absolute atomic E-state index is 0.0967. The van der Waals surface area contributed by atoms with Gasteiger partial charge in [-0.3, -0.25) is 9.59 Å². The van der Waals surface area contributed by atoms with E-state index in [-0.39, 0.29) is 27.6 Å². The molecule has 0 atom stereocenters. The first-order valence-corrected chi connectivity index (χ1v) is 10.9. The van der Waals surface area contributed by atoms with Crippen LogP contribution in [0.4, 0.5) is 15.1 Å². The van der Waals surface area contributed by atoms with Gasteiger partial charge in [0.15, 0.2) is 0 Å². The molecule has 2 N–H and O–H groups in total. The molecule has 2 amide bonds. The molecule has 0 bridgehead atoms. The van der Waals surface area contributed by atoms with E-state index in [1.807, 2.05) is 6.92 Å². The highest BCUT2D eigenvalue weighted by molar-refractivity contribution is 7.19. The third kappa shape index (κ3) is 5.15. The van der Waals surface area contributed by atoms with E-state index in [2.05, 4.69) is 10.6 Å². The fourth-order valence-corrected chi connectivity index (χ4v) is 4.17. The molecule has 2 aromatic carbocycles. The van der Waals surface area contributed by atoms with Gasteiger partial charge < -0.3 is 15.4 Å². The summed E-state index contributed by atoms with van der Waals surface area (Å²) < 4.78 is 18.3. The smallest absolute Gasteiger partial charge is 0.341 e. The van der Waals surface area contributed by atoms with Crippen LogP contribution in [0, 0.1) is 19.7 Å². The lowest BCUT2D eigenvalue weighted by Crippen LogP contribution is -2.15. The largest absolute Gasteiger partial charge is 0.462 e. The zero-order chi connectivity index (χ0) is 23.4. The first-order valence-electron chi connectivity index (χ1n) is 9.66. The lowest BCUT2D eigenvalue weighted by molar-refractivity contribution is 0.0527. The highest BCUT2D eigenvalue weighted by Crippen LogP contribution is 2.35.